The molecule has 4 aromatic rings. The normalized spacial score (nSPS) is 12.1. The van der Waals surface area contributed by atoms with Crippen LogP contribution in [0.2, 0.25) is 0 Å². The zero-order chi connectivity index (χ0) is 18.8. The summed E-state index contributed by atoms with van der Waals surface area (Å²) < 4.78 is 3.64. The lowest BCUT2D eigenvalue weighted by Crippen LogP contribution is -2.10. The lowest BCUT2D eigenvalue weighted by atomic mass is 10.1. The van der Waals surface area contributed by atoms with Gasteiger partial charge in [0.2, 0.25) is 0 Å². The summed E-state index contributed by atoms with van der Waals surface area (Å²) in [6.45, 7) is 6.07. The van der Waals surface area contributed by atoms with Gasteiger partial charge in [0.25, 0.3) is 0 Å². The third-order valence-corrected chi connectivity index (χ3v) is 4.37. The molecule has 27 heavy (non-hydrogen) atoms. The second kappa shape index (κ2) is 7.03. The maximum Gasteiger partial charge on any atom is 0.174 e. The summed E-state index contributed by atoms with van der Waals surface area (Å²) in [5, 5.41) is 12.1. The molecule has 0 spiro atoms. The van der Waals surface area contributed by atoms with Gasteiger partial charge >= 0.3 is 0 Å². The topological polar surface area (TPSA) is 73.5 Å². The number of nitrogens with zero attached hydrogens (tertiary/aromatic N) is 6. The van der Waals surface area contributed by atoms with Gasteiger partial charge in [0.05, 0.1) is 23.8 Å². The smallest absolute Gasteiger partial charge is 0.174 e. The Morgan fingerprint density at radius 2 is 1.89 bits per heavy atom. The van der Waals surface area contributed by atoms with E-state index in [-0.39, 0.29) is 6.04 Å². The van der Waals surface area contributed by atoms with E-state index in [1.54, 1.807) is 23.3 Å². The van der Waals surface area contributed by atoms with E-state index >= 15 is 0 Å². The summed E-state index contributed by atoms with van der Waals surface area (Å²) >= 11 is 0. The molecular weight excluding hydrogens is 338 g/mol. The highest BCUT2D eigenvalue weighted by Crippen LogP contribution is 2.20. The van der Waals surface area contributed by atoms with Crippen molar-refractivity contribution in [2.75, 3.05) is 5.32 Å². The second-order valence-electron chi connectivity index (χ2n) is 6.51. The Morgan fingerprint density at radius 1 is 1.07 bits per heavy atom. The summed E-state index contributed by atoms with van der Waals surface area (Å²) in [6.07, 6.45) is 7.14. The number of hydrogen-bond acceptors (Lipinski definition) is 5. The Bertz CT molecular complexity index is 1030. The van der Waals surface area contributed by atoms with Crippen LogP contribution in [0.3, 0.4) is 0 Å². The Balaban J connectivity index is 1.52. The highest BCUT2D eigenvalue weighted by Gasteiger charge is 2.10. The molecule has 0 fully saturated rings. The molecule has 1 aromatic carbocycles. The van der Waals surface area contributed by atoms with Gasteiger partial charge in [-0.05, 0) is 50.6 Å². The van der Waals surface area contributed by atoms with E-state index in [4.69, 9.17) is 0 Å². The molecule has 1 N–H and O–H groups in total. The Hall–Kier alpha value is -3.48. The first-order valence-electron chi connectivity index (χ1n) is 8.82. The van der Waals surface area contributed by atoms with Crippen molar-refractivity contribution in [1.82, 2.24) is 29.5 Å². The van der Waals surface area contributed by atoms with E-state index in [9.17, 15) is 0 Å². The summed E-state index contributed by atoms with van der Waals surface area (Å²) in [6, 6.07) is 12.3. The fraction of sp³-hybridized carbons (Fsp3) is 0.200. The van der Waals surface area contributed by atoms with E-state index in [1.165, 1.54) is 0 Å². The van der Waals surface area contributed by atoms with Gasteiger partial charge in [0.1, 0.15) is 5.82 Å². The highest BCUT2D eigenvalue weighted by molar-refractivity contribution is 5.41. The minimum absolute atomic E-state index is 0.0849. The molecule has 0 bridgehead atoms. The number of anilines is 1. The van der Waals surface area contributed by atoms with Crippen LogP contribution >= 0.6 is 0 Å². The largest absolute Gasteiger partial charge is 0.362 e. The van der Waals surface area contributed by atoms with Crippen molar-refractivity contribution in [3.05, 3.63) is 78.1 Å². The van der Waals surface area contributed by atoms with E-state index in [2.05, 4.69) is 56.7 Å². The van der Waals surface area contributed by atoms with Gasteiger partial charge in [-0.3, -0.25) is 4.98 Å². The zero-order valence-electron chi connectivity index (χ0n) is 15.5. The van der Waals surface area contributed by atoms with Gasteiger partial charge in [-0.15, -0.1) is 0 Å². The van der Waals surface area contributed by atoms with Crippen LogP contribution in [0.1, 0.15) is 29.9 Å². The second-order valence-corrected chi connectivity index (χ2v) is 6.51. The van der Waals surface area contributed by atoms with Crippen LogP contribution in [0.25, 0.3) is 11.5 Å². The first-order chi connectivity index (χ1) is 13.1. The van der Waals surface area contributed by atoms with Crippen molar-refractivity contribution < 1.29 is 0 Å². The van der Waals surface area contributed by atoms with Crippen LogP contribution in [0, 0.1) is 13.8 Å². The van der Waals surface area contributed by atoms with Crippen molar-refractivity contribution >= 4 is 5.82 Å². The highest BCUT2D eigenvalue weighted by atomic mass is 15.3. The van der Waals surface area contributed by atoms with E-state index < -0.39 is 0 Å². The zero-order valence-corrected chi connectivity index (χ0v) is 15.5. The van der Waals surface area contributed by atoms with Crippen LogP contribution < -0.4 is 5.32 Å². The predicted octanol–water partition coefficient (Wildman–Crippen LogP) is 3.64. The fourth-order valence-electron chi connectivity index (χ4n) is 3.03. The average molecular weight is 359 g/mol. The summed E-state index contributed by atoms with van der Waals surface area (Å²) in [7, 11) is 0. The van der Waals surface area contributed by atoms with Crippen LogP contribution in [-0.4, -0.2) is 29.5 Å². The third-order valence-electron chi connectivity index (χ3n) is 4.37. The molecular formula is C20H21N7. The maximum absolute atomic E-state index is 4.65. The van der Waals surface area contributed by atoms with Gasteiger partial charge in [-0.1, -0.05) is 12.1 Å². The number of hydrogen-bond donors (Lipinski definition) is 1. The summed E-state index contributed by atoms with van der Waals surface area (Å²) in [5.41, 5.74) is 4.17. The minimum Gasteiger partial charge on any atom is -0.362 e. The number of aryl methyl sites for hydroxylation is 2. The SMILES string of the molecule is Cc1cc(C)n(-c2cncc(NC(C)c3ccc(-n4cccn4)cc3)n2)n1. The lowest BCUT2D eigenvalue weighted by molar-refractivity contribution is 0.793. The lowest BCUT2D eigenvalue weighted by Gasteiger charge is -2.16. The maximum atomic E-state index is 4.65. The van der Waals surface area contributed by atoms with Gasteiger partial charge in [0.15, 0.2) is 5.82 Å². The van der Waals surface area contributed by atoms with E-state index in [0.717, 1.165) is 22.6 Å². The molecule has 4 rings (SSSR count). The Morgan fingerprint density at radius 3 is 2.56 bits per heavy atom. The number of rotatable bonds is 5. The van der Waals surface area contributed by atoms with Crippen molar-refractivity contribution in [2.24, 2.45) is 0 Å². The molecule has 0 aliphatic rings. The van der Waals surface area contributed by atoms with Gasteiger partial charge in [-0.25, -0.2) is 14.3 Å². The van der Waals surface area contributed by atoms with Crippen molar-refractivity contribution in [3.8, 4) is 11.5 Å². The van der Waals surface area contributed by atoms with Crippen molar-refractivity contribution in [1.29, 1.82) is 0 Å². The molecule has 0 saturated heterocycles. The summed E-state index contributed by atoms with van der Waals surface area (Å²) in [4.78, 5) is 8.96. The van der Waals surface area contributed by atoms with E-state index in [1.807, 2.05) is 36.9 Å². The third kappa shape index (κ3) is 3.57. The quantitative estimate of drug-likeness (QED) is 0.589. The van der Waals surface area contributed by atoms with Crippen LogP contribution in [-0.2, 0) is 0 Å². The van der Waals surface area contributed by atoms with Crippen molar-refractivity contribution in [3.63, 3.8) is 0 Å². The predicted molar refractivity (Wildman–Crippen MR) is 104 cm³/mol. The molecule has 3 heterocycles. The molecule has 1 atom stereocenters. The van der Waals surface area contributed by atoms with E-state index in [0.29, 0.717) is 11.6 Å². The number of benzene rings is 1. The molecule has 0 aliphatic heterocycles. The van der Waals surface area contributed by atoms with Gasteiger partial charge in [-0.2, -0.15) is 10.2 Å². The monoisotopic (exact) mass is 359 g/mol. The average Bonchev–Trinajstić information content (AvgIpc) is 3.32. The Labute approximate surface area is 157 Å². The molecule has 0 radical (unpaired) electrons. The minimum atomic E-state index is 0.0849. The number of aromatic nitrogens is 6. The van der Waals surface area contributed by atoms with Crippen LogP contribution in [0.4, 0.5) is 5.82 Å². The van der Waals surface area contributed by atoms with Gasteiger partial charge in [0, 0.05) is 24.1 Å². The van der Waals surface area contributed by atoms with Crippen LogP contribution in [0.15, 0.2) is 61.2 Å². The number of nitrogens with one attached hydrogen (secondary N) is 1. The first kappa shape index (κ1) is 17.0. The molecule has 1 unspecified atom stereocenters. The van der Waals surface area contributed by atoms with Crippen molar-refractivity contribution in [2.45, 2.75) is 26.8 Å². The van der Waals surface area contributed by atoms with Crippen LogP contribution in [0.5, 0.6) is 0 Å². The molecule has 7 nitrogen and oxygen atoms in total. The molecule has 0 amide bonds. The first-order valence-corrected chi connectivity index (χ1v) is 8.82. The molecule has 0 saturated carbocycles. The molecule has 3 aromatic heterocycles. The van der Waals surface area contributed by atoms with Gasteiger partial charge < -0.3 is 5.32 Å². The molecule has 0 aliphatic carbocycles. The summed E-state index contributed by atoms with van der Waals surface area (Å²) in [5.74, 6) is 1.41. The fourth-order valence-corrected chi connectivity index (χ4v) is 3.03. The molecule has 7 heteroatoms. The Kier molecular flexibility index (Phi) is 4.42. The molecule has 136 valence electrons. The standard InChI is InChI=1S/C20H21N7/c1-14-11-15(2)27(25-14)20-13-21-12-19(24-20)23-16(3)17-5-7-18(8-6-17)26-10-4-9-22-26/h4-13,16H,1-3H3,(H,23,24).